The summed E-state index contributed by atoms with van der Waals surface area (Å²) in [5.74, 6) is -0.377. The fraction of sp³-hybridized carbons (Fsp3) is 0.611. The predicted octanol–water partition coefficient (Wildman–Crippen LogP) is 0.581. The molecule has 1 atom stereocenters. The van der Waals surface area contributed by atoms with Gasteiger partial charge in [0.15, 0.2) is 0 Å². The Labute approximate surface area is 156 Å². The van der Waals surface area contributed by atoms with E-state index in [1.807, 2.05) is 30.3 Å². The molecule has 0 radical (unpaired) electrons. The van der Waals surface area contributed by atoms with E-state index in [1.54, 1.807) is 7.11 Å². The fourth-order valence-electron chi connectivity index (χ4n) is 3.00. The lowest BCUT2D eigenvalue weighted by Crippen LogP contribution is -2.46. The molecule has 1 fully saturated rings. The van der Waals surface area contributed by atoms with Crippen LogP contribution in [0.1, 0.15) is 18.4 Å². The second-order valence-electron chi connectivity index (χ2n) is 6.47. The standard InChI is InChI=1S/C18H29N3O4S/c1-25-13-11-19-9-10-20-18(22)17-8-5-12-21(14-17)26(23,24)15-16-6-3-2-4-7-16/h2-4,6-7,17,19H,5,8-15H2,1H3,(H,20,22). The second kappa shape index (κ2) is 10.6. The maximum atomic E-state index is 12.7. The van der Waals surface area contributed by atoms with Gasteiger partial charge in [0, 0.05) is 39.8 Å². The summed E-state index contributed by atoms with van der Waals surface area (Å²) < 4.78 is 31.7. The average molecular weight is 384 g/mol. The highest BCUT2D eigenvalue weighted by atomic mass is 32.2. The van der Waals surface area contributed by atoms with Gasteiger partial charge in [-0.05, 0) is 18.4 Å². The number of hydrogen-bond acceptors (Lipinski definition) is 5. The highest BCUT2D eigenvalue weighted by Crippen LogP contribution is 2.21. The third-order valence-corrected chi connectivity index (χ3v) is 6.24. The molecule has 8 heteroatoms. The van der Waals surface area contributed by atoms with Crippen molar-refractivity contribution in [3.8, 4) is 0 Å². The molecule has 1 aromatic rings. The van der Waals surface area contributed by atoms with Gasteiger partial charge in [0.25, 0.3) is 0 Å². The van der Waals surface area contributed by atoms with E-state index in [2.05, 4.69) is 10.6 Å². The summed E-state index contributed by atoms with van der Waals surface area (Å²) in [5.41, 5.74) is 0.765. The number of amides is 1. The van der Waals surface area contributed by atoms with Crippen molar-refractivity contribution in [1.82, 2.24) is 14.9 Å². The van der Waals surface area contributed by atoms with Gasteiger partial charge in [-0.15, -0.1) is 0 Å². The highest BCUT2D eigenvalue weighted by molar-refractivity contribution is 7.88. The molecule has 1 unspecified atom stereocenters. The van der Waals surface area contributed by atoms with Crippen molar-refractivity contribution >= 4 is 15.9 Å². The molecule has 1 aromatic carbocycles. The van der Waals surface area contributed by atoms with Gasteiger partial charge >= 0.3 is 0 Å². The van der Waals surface area contributed by atoms with Crippen molar-refractivity contribution in [1.29, 1.82) is 0 Å². The molecular weight excluding hydrogens is 354 g/mol. The van der Waals surface area contributed by atoms with Gasteiger partial charge in [0.1, 0.15) is 0 Å². The second-order valence-corrected chi connectivity index (χ2v) is 8.44. The molecule has 1 aliphatic heterocycles. The Morgan fingerprint density at radius 1 is 1.23 bits per heavy atom. The minimum atomic E-state index is -3.41. The number of piperidine rings is 1. The van der Waals surface area contributed by atoms with Crippen molar-refractivity contribution in [2.24, 2.45) is 5.92 Å². The van der Waals surface area contributed by atoms with Crippen LogP contribution in [0, 0.1) is 5.92 Å². The number of nitrogens with zero attached hydrogens (tertiary/aromatic N) is 1. The van der Waals surface area contributed by atoms with Crippen LogP contribution in [0.4, 0.5) is 0 Å². The quantitative estimate of drug-likeness (QED) is 0.577. The van der Waals surface area contributed by atoms with Gasteiger partial charge in [-0.2, -0.15) is 0 Å². The van der Waals surface area contributed by atoms with Crippen LogP contribution in [-0.2, 0) is 25.3 Å². The highest BCUT2D eigenvalue weighted by Gasteiger charge is 2.32. The molecule has 7 nitrogen and oxygen atoms in total. The lowest BCUT2D eigenvalue weighted by atomic mass is 9.99. The smallest absolute Gasteiger partial charge is 0.224 e. The molecule has 2 rings (SSSR count). The van der Waals surface area contributed by atoms with Gasteiger partial charge in [-0.1, -0.05) is 30.3 Å². The molecule has 2 N–H and O–H groups in total. The zero-order chi connectivity index (χ0) is 18.8. The molecule has 1 aliphatic rings. The predicted molar refractivity (Wildman–Crippen MR) is 101 cm³/mol. The first-order chi connectivity index (χ1) is 12.5. The summed E-state index contributed by atoms with van der Waals surface area (Å²) in [6.45, 7) is 3.30. The Bertz CT molecular complexity index is 652. The summed E-state index contributed by atoms with van der Waals surface area (Å²) in [4.78, 5) is 12.3. The van der Waals surface area contributed by atoms with E-state index in [0.717, 1.165) is 18.5 Å². The Morgan fingerprint density at radius 2 is 2.00 bits per heavy atom. The normalized spacial score (nSPS) is 18.6. The van der Waals surface area contributed by atoms with E-state index >= 15 is 0 Å². The Balaban J connectivity index is 1.81. The molecule has 0 aromatic heterocycles. The molecule has 26 heavy (non-hydrogen) atoms. The summed E-state index contributed by atoms with van der Waals surface area (Å²) >= 11 is 0. The SMILES string of the molecule is COCCNCCNC(=O)C1CCCN(S(=O)(=O)Cc2ccccc2)C1. The average Bonchev–Trinajstić information content (AvgIpc) is 2.65. The monoisotopic (exact) mass is 383 g/mol. The van der Waals surface area contributed by atoms with Crippen LogP contribution < -0.4 is 10.6 Å². The number of rotatable bonds is 10. The zero-order valence-electron chi connectivity index (χ0n) is 15.3. The molecule has 0 saturated carbocycles. The molecule has 1 amide bonds. The molecule has 0 bridgehead atoms. The van der Waals surface area contributed by atoms with Crippen LogP contribution in [0.3, 0.4) is 0 Å². The van der Waals surface area contributed by atoms with Crippen LogP contribution in [-0.4, -0.2) is 65.1 Å². The zero-order valence-corrected chi connectivity index (χ0v) is 16.1. The van der Waals surface area contributed by atoms with Crippen LogP contribution in [0.2, 0.25) is 0 Å². The van der Waals surface area contributed by atoms with Gasteiger partial charge < -0.3 is 15.4 Å². The van der Waals surface area contributed by atoms with Crippen LogP contribution in [0.25, 0.3) is 0 Å². The van der Waals surface area contributed by atoms with E-state index in [0.29, 0.717) is 32.7 Å². The summed E-state index contributed by atoms with van der Waals surface area (Å²) in [5, 5.41) is 6.05. The minimum Gasteiger partial charge on any atom is -0.383 e. The van der Waals surface area contributed by atoms with Crippen molar-refractivity contribution in [3.05, 3.63) is 35.9 Å². The number of benzene rings is 1. The van der Waals surface area contributed by atoms with E-state index in [4.69, 9.17) is 4.74 Å². The van der Waals surface area contributed by atoms with Crippen molar-refractivity contribution in [2.75, 3.05) is 46.4 Å². The Hall–Kier alpha value is -1.48. The minimum absolute atomic E-state index is 0.0222. The first-order valence-corrected chi connectivity index (χ1v) is 10.6. The largest absolute Gasteiger partial charge is 0.383 e. The number of nitrogens with one attached hydrogen (secondary N) is 2. The molecule has 1 saturated heterocycles. The number of methoxy groups -OCH3 is 1. The first kappa shape index (κ1) is 20.8. The Morgan fingerprint density at radius 3 is 2.73 bits per heavy atom. The molecular formula is C18H29N3O4S. The molecule has 1 heterocycles. The van der Waals surface area contributed by atoms with E-state index in [-0.39, 0.29) is 24.1 Å². The Kier molecular flexibility index (Phi) is 8.50. The van der Waals surface area contributed by atoms with Crippen LogP contribution >= 0.6 is 0 Å². The maximum Gasteiger partial charge on any atom is 0.224 e. The summed E-state index contributed by atoms with van der Waals surface area (Å²) in [6, 6.07) is 9.14. The van der Waals surface area contributed by atoms with E-state index in [1.165, 1.54) is 4.31 Å². The third kappa shape index (κ3) is 6.68. The fourth-order valence-corrected chi connectivity index (χ4v) is 4.61. The molecule has 146 valence electrons. The van der Waals surface area contributed by atoms with Crippen molar-refractivity contribution in [2.45, 2.75) is 18.6 Å². The number of ether oxygens (including phenoxy) is 1. The number of sulfonamides is 1. The molecule has 0 spiro atoms. The third-order valence-electron chi connectivity index (χ3n) is 4.42. The van der Waals surface area contributed by atoms with Crippen LogP contribution in [0.5, 0.6) is 0 Å². The van der Waals surface area contributed by atoms with Gasteiger partial charge in [-0.25, -0.2) is 12.7 Å². The lowest BCUT2D eigenvalue weighted by Gasteiger charge is -2.31. The van der Waals surface area contributed by atoms with E-state index < -0.39 is 10.0 Å². The van der Waals surface area contributed by atoms with Crippen LogP contribution in [0.15, 0.2) is 30.3 Å². The van der Waals surface area contributed by atoms with Crippen molar-refractivity contribution < 1.29 is 17.9 Å². The van der Waals surface area contributed by atoms with E-state index in [9.17, 15) is 13.2 Å². The topological polar surface area (TPSA) is 87.7 Å². The van der Waals surface area contributed by atoms with Gasteiger partial charge in [0.05, 0.1) is 18.3 Å². The summed E-state index contributed by atoms with van der Waals surface area (Å²) in [6.07, 6.45) is 1.43. The summed E-state index contributed by atoms with van der Waals surface area (Å²) in [7, 11) is -1.77. The first-order valence-electron chi connectivity index (χ1n) is 9.02. The van der Waals surface area contributed by atoms with Crippen molar-refractivity contribution in [3.63, 3.8) is 0 Å². The molecule has 0 aliphatic carbocycles. The lowest BCUT2D eigenvalue weighted by molar-refractivity contribution is -0.126. The van der Waals surface area contributed by atoms with Gasteiger partial charge in [0.2, 0.25) is 15.9 Å². The van der Waals surface area contributed by atoms with Gasteiger partial charge in [-0.3, -0.25) is 4.79 Å². The number of carbonyl (C=O) groups excluding carboxylic acids is 1. The maximum absolute atomic E-state index is 12.7. The number of carbonyl (C=O) groups is 1. The number of hydrogen-bond donors (Lipinski definition) is 2.